The van der Waals surface area contributed by atoms with Crippen LogP contribution in [0, 0.1) is 0 Å². The van der Waals surface area contributed by atoms with Gasteiger partial charge in [-0.1, -0.05) is 6.07 Å². The maximum absolute atomic E-state index is 12.5. The summed E-state index contributed by atoms with van der Waals surface area (Å²) in [6.07, 6.45) is -4.38. The fourth-order valence-electron chi connectivity index (χ4n) is 1.90. The summed E-state index contributed by atoms with van der Waals surface area (Å²) in [5.41, 5.74) is -0.832. The molecule has 1 atom stereocenters. The number of pyridine rings is 1. The zero-order valence-electron chi connectivity index (χ0n) is 9.46. The topological polar surface area (TPSA) is 28.2 Å². The Bertz CT molecular complexity index is 392. The highest BCUT2D eigenvalue weighted by Gasteiger charge is 2.33. The quantitative estimate of drug-likeness (QED) is 0.819. The Morgan fingerprint density at radius 2 is 2.18 bits per heavy atom. The van der Waals surface area contributed by atoms with Gasteiger partial charge in [0.15, 0.2) is 0 Å². The third-order valence-electron chi connectivity index (χ3n) is 2.72. The fourth-order valence-corrected chi connectivity index (χ4v) is 1.90. The summed E-state index contributed by atoms with van der Waals surface area (Å²) < 4.78 is 37.6. The summed E-state index contributed by atoms with van der Waals surface area (Å²) in [6.45, 7) is 4.12. The number of anilines is 1. The predicted octanol–water partition coefficient (Wildman–Crippen LogP) is 1.90. The molecule has 1 saturated heterocycles. The van der Waals surface area contributed by atoms with Gasteiger partial charge < -0.3 is 10.2 Å². The Kier molecular flexibility index (Phi) is 3.24. The summed E-state index contributed by atoms with van der Waals surface area (Å²) >= 11 is 0. The van der Waals surface area contributed by atoms with Crippen LogP contribution in [0.15, 0.2) is 18.2 Å². The molecule has 1 aliphatic rings. The highest BCUT2D eigenvalue weighted by atomic mass is 19.4. The van der Waals surface area contributed by atoms with E-state index >= 15 is 0 Å². The van der Waals surface area contributed by atoms with Crippen LogP contribution in [0.3, 0.4) is 0 Å². The van der Waals surface area contributed by atoms with Gasteiger partial charge in [-0.3, -0.25) is 0 Å². The van der Waals surface area contributed by atoms with E-state index in [1.54, 1.807) is 6.07 Å². The summed E-state index contributed by atoms with van der Waals surface area (Å²) in [7, 11) is 0. The molecule has 0 aromatic carbocycles. The molecule has 2 rings (SSSR count). The number of piperazine rings is 1. The molecule has 0 radical (unpaired) electrons. The van der Waals surface area contributed by atoms with E-state index in [2.05, 4.69) is 10.3 Å². The standard InChI is InChI=1S/C11H14F3N3/c1-8-7-17(6-5-15-8)10-4-2-3-9(16-10)11(12,13)14/h2-4,8,15H,5-7H2,1H3/t8-/m1/s1. The van der Waals surface area contributed by atoms with E-state index in [-0.39, 0.29) is 6.04 Å². The minimum absolute atomic E-state index is 0.264. The third kappa shape index (κ3) is 2.88. The molecule has 0 bridgehead atoms. The van der Waals surface area contributed by atoms with Crippen molar-refractivity contribution in [1.29, 1.82) is 0 Å². The van der Waals surface area contributed by atoms with E-state index < -0.39 is 11.9 Å². The second-order valence-corrected chi connectivity index (χ2v) is 4.18. The Balaban J connectivity index is 2.21. The Morgan fingerprint density at radius 1 is 1.41 bits per heavy atom. The van der Waals surface area contributed by atoms with Gasteiger partial charge in [-0.2, -0.15) is 13.2 Å². The van der Waals surface area contributed by atoms with Crippen molar-refractivity contribution in [2.24, 2.45) is 0 Å². The molecule has 2 heterocycles. The lowest BCUT2D eigenvalue weighted by Gasteiger charge is -2.32. The van der Waals surface area contributed by atoms with Crippen LogP contribution in [-0.2, 0) is 6.18 Å². The summed E-state index contributed by atoms with van der Waals surface area (Å²) in [6, 6.07) is 4.28. The lowest BCUT2D eigenvalue weighted by molar-refractivity contribution is -0.141. The minimum atomic E-state index is -4.38. The average Bonchev–Trinajstić information content (AvgIpc) is 2.28. The monoisotopic (exact) mass is 245 g/mol. The molecule has 1 fully saturated rings. The number of halogens is 3. The van der Waals surface area contributed by atoms with Gasteiger partial charge in [0.1, 0.15) is 11.5 Å². The molecule has 0 unspecified atom stereocenters. The summed E-state index contributed by atoms with van der Waals surface area (Å²) in [4.78, 5) is 5.55. The van der Waals surface area contributed by atoms with Crippen LogP contribution in [0.2, 0.25) is 0 Å². The van der Waals surface area contributed by atoms with Crippen molar-refractivity contribution in [3.05, 3.63) is 23.9 Å². The van der Waals surface area contributed by atoms with Crippen molar-refractivity contribution < 1.29 is 13.2 Å². The van der Waals surface area contributed by atoms with E-state index in [0.717, 1.165) is 12.6 Å². The first-order chi connectivity index (χ1) is 7.97. The van der Waals surface area contributed by atoms with E-state index in [1.807, 2.05) is 11.8 Å². The van der Waals surface area contributed by atoms with Crippen LogP contribution < -0.4 is 10.2 Å². The number of hydrogen-bond acceptors (Lipinski definition) is 3. The maximum atomic E-state index is 12.5. The maximum Gasteiger partial charge on any atom is 0.433 e. The largest absolute Gasteiger partial charge is 0.433 e. The molecule has 1 aromatic heterocycles. The number of alkyl halides is 3. The Hall–Kier alpha value is -1.30. The van der Waals surface area contributed by atoms with E-state index in [1.165, 1.54) is 6.07 Å². The van der Waals surface area contributed by atoms with Gasteiger partial charge in [0.25, 0.3) is 0 Å². The second-order valence-electron chi connectivity index (χ2n) is 4.18. The number of aromatic nitrogens is 1. The molecule has 1 aliphatic heterocycles. The molecule has 0 spiro atoms. The number of nitrogens with one attached hydrogen (secondary N) is 1. The molecule has 17 heavy (non-hydrogen) atoms. The van der Waals surface area contributed by atoms with Gasteiger partial charge >= 0.3 is 6.18 Å². The number of hydrogen-bond donors (Lipinski definition) is 1. The van der Waals surface area contributed by atoms with Crippen LogP contribution in [-0.4, -0.2) is 30.7 Å². The SMILES string of the molecule is C[C@@H]1CN(c2cccc(C(F)(F)F)n2)CCN1. The third-order valence-corrected chi connectivity index (χ3v) is 2.72. The van der Waals surface area contributed by atoms with Crippen LogP contribution in [0.25, 0.3) is 0 Å². The van der Waals surface area contributed by atoms with Crippen molar-refractivity contribution in [1.82, 2.24) is 10.3 Å². The van der Waals surface area contributed by atoms with Crippen molar-refractivity contribution in [2.75, 3.05) is 24.5 Å². The minimum Gasteiger partial charge on any atom is -0.354 e. The first-order valence-electron chi connectivity index (χ1n) is 5.49. The average molecular weight is 245 g/mol. The highest BCUT2D eigenvalue weighted by Crippen LogP contribution is 2.28. The van der Waals surface area contributed by atoms with Crippen molar-refractivity contribution in [3.8, 4) is 0 Å². The van der Waals surface area contributed by atoms with Gasteiger partial charge in [0, 0.05) is 25.7 Å². The van der Waals surface area contributed by atoms with Crippen molar-refractivity contribution in [3.63, 3.8) is 0 Å². The second kappa shape index (κ2) is 4.52. The van der Waals surface area contributed by atoms with Crippen LogP contribution in [0.1, 0.15) is 12.6 Å². The van der Waals surface area contributed by atoms with E-state index in [4.69, 9.17) is 0 Å². The summed E-state index contributed by atoms with van der Waals surface area (Å²) in [5, 5.41) is 3.23. The lowest BCUT2D eigenvalue weighted by Crippen LogP contribution is -2.49. The predicted molar refractivity (Wildman–Crippen MR) is 58.9 cm³/mol. The fraction of sp³-hybridized carbons (Fsp3) is 0.545. The molecular weight excluding hydrogens is 231 g/mol. The van der Waals surface area contributed by atoms with Gasteiger partial charge in [0.05, 0.1) is 0 Å². The van der Waals surface area contributed by atoms with Gasteiger partial charge in [-0.15, -0.1) is 0 Å². The first kappa shape index (κ1) is 12.2. The van der Waals surface area contributed by atoms with Crippen LogP contribution in [0.4, 0.5) is 19.0 Å². The smallest absolute Gasteiger partial charge is 0.354 e. The zero-order valence-corrected chi connectivity index (χ0v) is 9.46. The molecule has 1 N–H and O–H groups in total. The van der Waals surface area contributed by atoms with Gasteiger partial charge in [-0.05, 0) is 19.1 Å². The molecule has 0 amide bonds. The van der Waals surface area contributed by atoms with Crippen molar-refractivity contribution in [2.45, 2.75) is 19.1 Å². The Labute approximate surface area is 97.6 Å². The lowest BCUT2D eigenvalue weighted by atomic mass is 10.2. The van der Waals surface area contributed by atoms with Crippen LogP contribution in [0.5, 0.6) is 0 Å². The van der Waals surface area contributed by atoms with Gasteiger partial charge in [0.2, 0.25) is 0 Å². The molecule has 94 valence electrons. The molecular formula is C11H14F3N3. The first-order valence-corrected chi connectivity index (χ1v) is 5.49. The molecule has 3 nitrogen and oxygen atoms in total. The van der Waals surface area contributed by atoms with Crippen molar-refractivity contribution >= 4 is 5.82 Å². The zero-order chi connectivity index (χ0) is 12.5. The molecule has 1 aromatic rings. The summed E-state index contributed by atoms with van der Waals surface area (Å²) in [5.74, 6) is 0.396. The number of nitrogens with zero attached hydrogens (tertiary/aromatic N) is 2. The van der Waals surface area contributed by atoms with Crippen LogP contribution >= 0.6 is 0 Å². The molecule has 0 aliphatic carbocycles. The van der Waals surface area contributed by atoms with E-state index in [0.29, 0.717) is 18.9 Å². The van der Waals surface area contributed by atoms with Gasteiger partial charge in [-0.25, -0.2) is 4.98 Å². The highest BCUT2D eigenvalue weighted by molar-refractivity contribution is 5.40. The normalized spacial score (nSPS) is 21.6. The molecule has 0 saturated carbocycles. The molecule has 6 heteroatoms. The number of rotatable bonds is 1. The Morgan fingerprint density at radius 3 is 2.82 bits per heavy atom. The van der Waals surface area contributed by atoms with E-state index in [9.17, 15) is 13.2 Å².